The Morgan fingerprint density at radius 2 is 1.84 bits per heavy atom. The standard InChI is InChI=1S/C21H27N3O/c1-17-6-5-9-19(14-17)23-21(15-20(22)25)10-12-24(13-11-21)16-18-7-3-2-4-8-18/h2-9,14,23H,10-13,15-16H2,1H3,(H2,22,25). The van der Waals surface area contributed by atoms with E-state index in [0.29, 0.717) is 6.42 Å². The average molecular weight is 337 g/mol. The van der Waals surface area contributed by atoms with Crippen molar-refractivity contribution in [1.29, 1.82) is 0 Å². The van der Waals surface area contributed by atoms with Crippen molar-refractivity contribution >= 4 is 11.6 Å². The Hall–Kier alpha value is -2.33. The molecule has 1 aliphatic rings. The maximum absolute atomic E-state index is 11.7. The van der Waals surface area contributed by atoms with E-state index in [0.717, 1.165) is 38.2 Å². The maximum atomic E-state index is 11.7. The number of anilines is 1. The molecule has 1 amide bonds. The molecule has 4 heteroatoms. The van der Waals surface area contributed by atoms with Crippen molar-refractivity contribution in [3.8, 4) is 0 Å². The van der Waals surface area contributed by atoms with Crippen molar-refractivity contribution in [2.24, 2.45) is 5.73 Å². The molecule has 3 rings (SSSR count). The van der Waals surface area contributed by atoms with E-state index in [1.54, 1.807) is 0 Å². The van der Waals surface area contributed by atoms with Gasteiger partial charge < -0.3 is 11.1 Å². The predicted octanol–water partition coefficient (Wildman–Crippen LogP) is 3.32. The summed E-state index contributed by atoms with van der Waals surface area (Å²) < 4.78 is 0. The molecule has 132 valence electrons. The molecule has 0 atom stereocenters. The molecule has 2 aromatic rings. The number of likely N-dealkylation sites (tertiary alicyclic amines) is 1. The third-order valence-corrected chi connectivity index (χ3v) is 5.00. The van der Waals surface area contributed by atoms with Gasteiger partial charge in [-0.1, -0.05) is 42.5 Å². The van der Waals surface area contributed by atoms with Gasteiger partial charge in [0.1, 0.15) is 0 Å². The van der Waals surface area contributed by atoms with E-state index >= 15 is 0 Å². The summed E-state index contributed by atoms with van der Waals surface area (Å²) in [5, 5.41) is 3.62. The lowest BCUT2D eigenvalue weighted by Crippen LogP contribution is -2.51. The molecule has 1 aliphatic heterocycles. The van der Waals surface area contributed by atoms with Crippen LogP contribution in [-0.4, -0.2) is 29.4 Å². The lowest BCUT2D eigenvalue weighted by Gasteiger charge is -2.42. The summed E-state index contributed by atoms with van der Waals surface area (Å²) in [5.41, 5.74) is 8.92. The van der Waals surface area contributed by atoms with Crippen LogP contribution in [0.1, 0.15) is 30.4 Å². The molecule has 1 fully saturated rings. The molecule has 0 saturated carbocycles. The molecule has 0 aliphatic carbocycles. The second-order valence-electron chi connectivity index (χ2n) is 7.18. The number of hydrogen-bond donors (Lipinski definition) is 2. The number of rotatable bonds is 6. The summed E-state index contributed by atoms with van der Waals surface area (Å²) in [5.74, 6) is -0.239. The first kappa shape index (κ1) is 17.5. The van der Waals surface area contributed by atoms with Crippen LogP contribution >= 0.6 is 0 Å². The van der Waals surface area contributed by atoms with Crippen LogP contribution in [0.15, 0.2) is 54.6 Å². The van der Waals surface area contributed by atoms with E-state index in [1.807, 2.05) is 12.1 Å². The minimum absolute atomic E-state index is 0.239. The van der Waals surface area contributed by atoms with Crippen LogP contribution in [0.25, 0.3) is 0 Å². The lowest BCUT2D eigenvalue weighted by molar-refractivity contribution is -0.119. The van der Waals surface area contributed by atoms with Crippen molar-refractivity contribution in [2.75, 3.05) is 18.4 Å². The number of amides is 1. The highest BCUT2D eigenvalue weighted by molar-refractivity contribution is 5.76. The van der Waals surface area contributed by atoms with Gasteiger partial charge in [-0.25, -0.2) is 0 Å². The van der Waals surface area contributed by atoms with Gasteiger partial charge in [0, 0.05) is 37.3 Å². The molecular formula is C21H27N3O. The third-order valence-electron chi connectivity index (χ3n) is 5.00. The van der Waals surface area contributed by atoms with E-state index in [4.69, 9.17) is 5.73 Å². The Bertz CT molecular complexity index is 706. The normalized spacial score (nSPS) is 17.2. The maximum Gasteiger partial charge on any atom is 0.219 e. The molecule has 25 heavy (non-hydrogen) atoms. The van der Waals surface area contributed by atoms with Gasteiger partial charge in [0.25, 0.3) is 0 Å². The van der Waals surface area contributed by atoms with Crippen LogP contribution in [0, 0.1) is 6.92 Å². The molecule has 3 N–H and O–H groups in total. The third kappa shape index (κ3) is 4.83. The van der Waals surface area contributed by atoms with Gasteiger partial charge in [-0.2, -0.15) is 0 Å². The number of nitrogens with one attached hydrogen (secondary N) is 1. The van der Waals surface area contributed by atoms with Crippen LogP contribution < -0.4 is 11.1 Å². The van der Waals surface area contributed by atoms with Gasteiger partial charge in [0.15, 0.2) is 0 Å². The molecule has 0 bridgehead atoms. The fourth-order valence-electron chi connectivity index (χ4n) is 3.69. The molecule has 2 aromatic carbocycles. The second-order valence-corrected chi connectivity index (χ2v) is 7.18. The van der Waals surface area contributed by atoms with Crippen molar-refractivity contribution in [3.63, 3.8) is 0 Å². The first-order chi connectivity index (χ1) is 12.0. The van der Waals surface area contributed by atoms with Crippen LogP contribution in [0.3, 0.4) is 0 Å². The quantitative estimate of drug-likeness (QED) is 0.850. The Morgan fingerprint density at radius 1 is 1.12 bits per heavy atom. The summed E-state index contributed by atoms with van der Waals surface area (Å²) in [4.78, 5) is 14.1. The average Bonchev–Trinajstić information content (AvgIpc) is 2.57. The van der Waals surface area contributed by atoms with Gasteiger partial charge in [0.2, 0.25) is 5.91 Å². The second kappa shape index (κ2) is 7.70. The Morgan fingerprint density at radius 3 is 2.48 bits per heavy atom. The molecule has 0 aromatic heterocycles. The number of nitrogens with zero attached hydrogens (tertiary/aromatic N) is 1. The zero-order chi connectivity index (χ0) is 17.7. The first-order valence-corrected chi connectivity index (χ1v) is 8.94. The Kier molecular flexibility index (Phi) is 5.39. The largest absolute Gasteiger partial charge is 0.379 e. The van der Waals surface area contributed by atoms with E-state index in [1.165, 1.54) is 11.1 Å². The molecular weight excluding hydrogens is 310 g/mol. The number of nitrogens with two attached hydrogens (primary N) is 1. The molecule has 4 nitrogen and oxygen atoms in total. The Labute approximate surface area is 150 Å². The van der Waals surface area contributed by atoms with Crippen LogP contribution in [0.4, 0.5) is 5.69 Å². The van der Waals surface area contributed by atoms with E-state index in [-0.39, 0.29) is 11.4 Å². The van der Waals surface area contributed by atoms with Gasteiger partial charge >= 0.3 is 0 Å². The SMILES string of the molecule is Cc1cccc(NC2(CC(N)=O)CCN(Cc3ccccc3)CC2)c1. The number of primary amides is 1. The number of carbonyl (C=O) groups excluding carboxylic acids is 1. The van der Waals surface area contributed by atoms with E-state index < -0.39 is 0 Å². The summed E-state index contributed by atoms with van der Waals surface area (Å²) in [6, 6.07) is 18.8. The number of piperidine rings is 1. The fourth-order valence-corrected chi connectivity index (χ4v) is 3.69. The molecule has 0 spiro atoms. The smallest absolute Gasteiger partial charge is 0.219 e. The van der Waals surface area contributed by atoms with Crippen molar-refractivity contribution in [1.82, 2.24) is 4.90 Å². The van der Waals surface area contributed by atoms with Crippen molar-refractivity contribution in [2.45, 2.75) is 38.3 Å². The highest BCUT2D eigenvalue weighted by atomic mass is 16.1. The van der Waals surface area contributed by atoms with Crippen molar-refractivity contribution < 1.29 is 4.79 Å². The molecule has 1 heterocycles. The summed E-state index contributed by atoms with van der Waals surface area (Å²) >= 11 is 0. The number of aryl methyl sites for hydroxylation is 1. The van der Waals surface area contributed by atoms with Crippen LogP contribution in [-0.2, 0) is 11.3 Å². The zero-order valence-corrected chi connectivity index (χ0v) is 14.9. The molecule has 1 saturated heterocycles. The van der Waals surface area contributed by atoms with Gasteiger partial charge in [-0.15, -0.1) is 0 Å². The minimum atomic E-state index is -0.243. The van der Waals surface area contributed by atoms with Crippen LogP contribution in [0.5, 0.6) is 0 Å². The predicted molar refractivity (Wildman–Crippen MR) is 102 cm³/mol. The highest BCUT2D eigenvalue weighted by Gasteiger charge is 2.36. The minimum Gasteiger partial charge on any atom is -0.379 e. The van der Waals surface area contributed by atoms with Crippen molar-refractivity contribution in [3.05, 3.63) is 65.7 Å². The van der Waals surface area contributed by atoms with Crippen LogP contribution in [0.2, 0.25) is 0 Å². The van der Waals surface area contributed by atoms with E-state index in [2.05, 4.69) is 59.6 Å². The summed E-state index contributed by atoms with van der Waals surface area (Å²) in [6.45, 7) is 4.95. The van der Waals surface area contributed by atoms with Gasteiger partial charge in [0.05, 0.1) is 0 Å². The lowest BCUT2D eigenvalue weighted by atomic mass is 9.83. The number of carbonyl (C=O) groups is 1. The topological polar surface area (TPSA) is 58.4 Å². The monoisotopic (exact) mass is 337 g/mol. The van der Waals surface area contributed by atoms with Gasteiger partial charge in [-0.3, -0.25) is 9.69 Å². The first-order valence-electron chi connectivity index (χ1n) is 8.94. The Balaban J connectivity index is 1.67. The van der Waals surface area contributed by atoms with Gasteiger partial charge in [-0.05, 0) is 43.0 Å². The summed E-state index contributed by atoms with van der Waals surface area (Å²) in [6.07, 6.45) is 2.20. The number of benzene rings is 2. The molecule has 0 radical (unpaired) electrons. The van der Waals surface area contributed by atoms with E-state index in [9.17, 15) is 4.79 Å². The fraction of sp³-hybridized carbons (Fsp3) is 0.381. The highest BCUT2D eigenvalue weighted by Crippen LogP contribution is 2.31. The number of hydrogen-bond acceptors (Lipinski definition) is 3. The summed E-state index contributed by atoms with van der Waals surface area (Å²) in [7, 11) is 0. The zero-order valence-electron chi connectivity index (χ0n) is 14.9. The molecule has 0 unspecified atom stereocenters.